The average Bonchev–Trinajstić information content (AvgIpc) is 2.18. The molecule has 0 bridgehead atoms. The molecule has 1 saturated heterocycles. The second kappa shape index (κ2) is 4.06. The molecule has 1 aliphatic rings. The van der Waals surface area contributed by atoms with Gasteiger partial charge in [-0.05, 0) is 27.6 Å². The third-order valence-electron chi connectivity index (χ3n) is 1.98. The number of hydrogen-bond acceptors (Lipinski definition) is 3. The molecule has 1 amide bonds. The number of pyridine rings is 1. The molecule has 5 heteroatoms. The van der Waals surface area contributed by atoms with Gasteiger partial charge >= 0.3 is 0 Å². The number of carbonyl (C=O) groups is 1. The molecule has 0 aliphatic carbocycles. The molecule has 0 radical (unpaired) electrons. The van der Waals surface area contributed by atoms with Gasteiger partial charge in [0.2, 0.25) is 5.91 Å². The first-order valence-corrected chi connectivity index (χ1v) is 5.02. The first kappa shape index (κ1) is 9.61. The molecule has 0 saturated carbocycles. The summed E-state index contributed by atoms with van der Waals surface area (Å²) in [4.78, 5) is 15.1. The lowest BCUT2D eigenvalue weighted by atomic mass is 10.1. The predicted octanol–water partition coefficient (Wildman–Crippen LogP) is 1.03. The Morgan fingerprint density at radius 2 is 2.43 bits per heavy atom. The second-order valence-corrected chi connectivity index (χ2v) is 3.99. The van der Waals surface area contributed by atoms with E-state index in [9.17, 15) is 4.79 Å². The van der Waals surface area contributed by atoms with Gasteiger partial charge in [-0.25, -0.2) is 0 Å². The number of nitrogens with zero attached hydrogens (tertiary/aromatic N) is 1. The van der Waals surface area contributed by atoms with E-state index in [1.165, 1.54) is 0 Å². The van der Waals surface area contributed by atoms with E-state index in [1.807, 2.05) is 6.07 Å². The highest BCUT2D eigenvalue weighted by molar-refractivity contribution is 9.10. The SMILES string of the molecule is O=C1COC[C@H](c2cncc(Br)c2)N1. The van der Waals surface area contributed by atoms with Gasteiger partial charge in [-0.3, -0.25) is 9.78 Å². The summed E-state index contributed by atoms with van der Waals surface area (Å²) >= 11 is 3.33. The molecule has 0 aromatic carbocycles. The van der Waals surface area contributed by atoms with E-state index in [0.717, 1.165) is 10.0 Å². The number of morpholine rings is 1. The largest absolute Gasteiger partial charge is 0.369 e. The van der Waals surface area contributed by atoms with Crippen molar-refractivity contribution in [1.29, 1.82) is 0 Å². The van der Waals surface area contributed by atoms with E-state index in [4.69, 9.17) is 4.74 Å². The zero-order valence-corrected chi connectivity index (χ0v) is 8.95. The van der Waals surface area contributed by atoms with Crippen LogP contribution < -0.4 is 5.32 Å². The van der Waals surface area contributed by atoms with Crippen LogP contribution in [0, 0.1) is 0 Å². The second-order valence-electron chi connectivity index (χ2n) is 3.07. The molecule has 1 aromatic heterocycles. The first-order valence-electron chi connectivity index (χ1n) is 4.23. The Balaban J connectivity index is 2.17. The van der Waals surface area contributed by atoms with Crippen LogP contribution in [0.1, 0.15) is 11.6 Å². The Morgan fingerprint density at radius 1 is 1.57 bits per heavy atom. The number of amides is 1. The summed E-state index contributed by atoms with van der Waals surface area (Å²) in [7, 11) is 0. The minimum atomic E-state index is -0.0822. The molecule has 1 aliphatic heterocycles. The highest BCUT2D eigenvalue weighted by atomic mass is 79.9. The molecular weight excluding hydrogens is 248 g/mol. The van der Waals surface area contributed by atoms with Gasteiger partial charge in [-0.2, -0.15) is 0 Å². The molecule has 2 rings (SSSR count). The average molecular weight is 257 g/mol. The number of halogens is 1. The molecule has 74 valence electrons. The quantitative estimate of drug-likeness (QED) is 0.817. The molecule has 0 spiro atoms. The van der Waals surface area contributed by atoms with Crippen LogP contribution in [0.25, 0.3) is 0 Å². The number of ether oxygens (including phenoxy) is 1. The molecule has 1 aromatic rings. The van der Waals surface area contributed by atoms with Crippen molar-refractivity contribution in [2.75, 3.05) is 13.2 Å². The number of hydrogen-bond donors (Lipinski definition) is 1. The summed E-state index contributed by atoms with van der Waals surface area (Å²) in [5, 5.41) is 2.84. The lowest BCUT2D eigenvalue weighted by Gasteiger charge is -2.23. The topological polar surface area (TPSA) is 51.2 Å². The van der Waals surface area contributed by atoms with Crippen LogP contribution in [0.2, 0.25) is 0 Å². The molecule has 1 N–H and O–H groups in total. The van der Waals surface area contributed by atoms with Crippen LogP contribution in [0.15, 0.2) is 22.9 Å². The first-order chi connectivity index (χ1) is 6.75. The van der Waals surface area contributed by atoms with Crippen molar-refractivity contribution < 1.29 is 9.53 Å². The van der Waals surface area contributed by atoms with Crippen molar-refractivity contribution in [1.82, 2.24) is 10.3 Å². The number of carbonyl (C=O) groups excluding carboxylic acids is 1. The highest BCUT2D eigenvalue weighted by Crippen LogP contribution is 2.18. The van der Waals surface area contributed by atoms with Crippen LogP contribution in [0.4, 0.5) is 0 Å². The molecule has 2 heterocycles. The molecule has 1 fully saturated rings. The van der Waals surface area contributed by atoms with Gasteiger partial charge in [0, 0.05) is 16.9 Å². The third-order valence-corrected chi connectivity index (χ3v) is 2.41. The van der Waals surface area contributed by atoms with Crippen LogP contribution in [-0.4, -0.2) is 24.1 Å². The van der Waals surface area contributed by atoms with Crippen LogP contribution in [0.3, 0.4) is 0 Å². The van der Waals surface area contributed by atoms with Gasteiger partial charge in [0.25, 0.3) is 0 Å². The van der Waals surface area contributed by atoms with Gasteiger partial charge in [0.15, 0.2) is 0 Å². The Hall–Kier alpha value is -0.940. The number of aromatic nitrogens is 1. The maximum atomic E-state index is 11.1. The maximum Gasteiger partial charge on any atom is 0.246 e. The molecule has 1 atom stereocenters. The zero-order valence-electron chi connectivity index (χ0n) is 7.37. The maximum absolute atomic E-state index is 11.1. The van der Waals surface area contributed by atoms with Crippen molar-refractivity contribution >= 4 is 21.8 Å². The fourth-order valence-corrected chi connectivity index (χ4v) is 1.73. The van der Waals surface area contributed by atoms with Gasteiger partial charge < -0.3 is 10.1 Å². The lowest BCUT2D eigenvalue weighted by molar-refractivity contribution is -0.131. The molecule has 14 heavy (non-hydrogen) atoms. The Labute approximate surface area is 89.8 Å². The van der Waals surface area contributed by atoms with E-state index in [-0.39, 0.29) is 18.6 Å². The van der Waals surface area contributed by atoms with E-state index in [1.54, 1.807) is 12.4 Å². The summed E-state index contributed by atoms with van der Waals surface area (Å²) < 4.78 is 6.03. The van der Waals surface area contributed by atoms with Crippen molar-refractivity contribution in [2.45, 2.75) is 6.04 Å². The Kier molecular flexibility index (Phi) is 2.79. The summed E-state index contributed by atoms with van der Waals surface area (Å²) in [5.41, 5.74) is 0.951. The summed E-state index contributed by atoms with van der Waals surface area (Å²) in [5.74, 6) is -0.0822. The summed E-state index contributed by atoms with van der Waals surface area (Å²) in [6.45, 7) is 0.655. The van der Waals surface area contributed by atoms with Crippen LogP contribution in [0.5, 0.6) is 0 Å². The fraction of sp³-hybridized carbons (Fsp3) is 0.333. The van der Waals surface area contributed by atoms with Crippen LogP contribution in [-0.2, 0) is 9.53 Å². The summed E-state index contributed by atoms with van der Waals surface area (Å²) in [6.07, 6.45) is 3.43. The van der Waals surface area contributed by atoms with Gasteiger partial charge in [-0.1, -0.05) is 0 Å². The zero-order chi connectivity index (χ0) is 9.97. The Bertz CT molecular complexity index is 356. The predicted molar refractivity (Wildman–Crippen MR) is 53.6 cm³/mol. The monoisotopic (exact) mass is 256 g/mol. The number of nitrogens with one attached hydrogen (secondary N) is 1. The van der Waals surface area contributed by atoms with E-state index < -0.39 is 0 Å². The lowest BCUT2D eigenvalue weighted by Crippen LogP contribution is -2.39. The molecular formula is C9H9BrN2O2. The van der Waals surface area contributed by atoms with E-state index in [0.29, 0.717) is 6.61 Å². The van der Waals surface area contributed by atoms with E-state index >= 15 is 0 Å². The van der Waals surface area contributed by atoms with Crippen LogP contribution >= 0.6 is 15.9 Å². The number of rotatable bonds is 1. The minimum absolute atomic E-state index is 0.0822. The van der Waals surface area contributed by atoms with Gasteiger partial charge in [0.1, 0.15) is 6.61 Å². The van der Waals surface area contributed by atoms with E-state index in [2.05, 4.69) is 26.2 Å². The Morgan fingerprint density at radius 3 is 3.14 bits per heavy atom. The normalized spacial score (nSPS) is 21.8. The third kappa shape index (κ3) is 2.10. The fourth-order valence-electron chi connectivity index (χ4n) is 1.35. The van der Waals surface area contributed by atoms with Crippen molar-refractivity contribution in [2.24, 2.45) is 0 Å². The summed E-state index contributed by atoms with van der Waals surface area (Å²) in [6, 6.07) is 1.84. The molecule has 4 nitrogen and oxygen atoms in total. The van der Waals surface area contributed by atoms with Gasteiger partial charge in [0.05, 0.1) is 12.6 Å². The van der Waals surface area contributed by atoms with Crippen molar-refractivity contribution in [3.05, 3.63) is 28.5 Å². The molecule has 0 unspecified atom stereocenters. The standard InChI is InChI=1S/C9H9BrN2O2/c10-7-1-6(2-11-3-7)8-4-14-5-9(13)12-8/h1-3,8H,4-5H2,(H,12,13)/t8-/m1/s1. The van der Waals surface area contributed by atoms with Crippen molar-refractivity contribution in [3.8, 4) is 0 Å². The van der Waals surface area contributed by atoms with Crippen molar-refractivity contribution in [3.63, 3.8) is 0 Å². The van der Waals surface area contributed by atoms with Gasteiger partial charge in [-0.15, -0.1) is 0 Å². The minimum Gasteiger partial charge on any atom is -0.369 e. The smallest absolute Gasteiger partial charge is 0.246 e. The highest BCUT2D eigenvalue weighted by Gasteiger charge is 2.20.